The Kier molecular flexibility index (Phi) is 6.59. The maximum atomic E-state index is 12.2. The Morgan fingerprint density at radius 2 is 1.70 bits per heavy atom. The zero-order valence-corrected chi connectivity index (χ0v) is 15.8. The Bertz CT molecular complexity index is 791. The first-order valence-corrected chi connectivity index (χ1v) is 9.88. The van der Waals surface area contributed by atoms with E-state index in [1.807, 2.05) is 6.07 Å². The quantitative estimate of drug-likeness (QED) is 0.625. The van der Waals surface area contributed by atoms with Gasteiger partial charge in [-0.3, -0.25) is 20.4 Å². The third-order valence-corrected chi connectivity index (χ3v) is 5.60. The number of fused-ring (bicyclic) bond motifs is 1. The monoisotopic (exact) mass is 386 g/mol. The van der Waals surface area contributed by atoms with Crippen LogP contribution in [0.4, 0.5) is 0 Å². The summed E-state index contributed by atoms with van der Waals surface area (Å²) in [5, 5.41) is 0. The van der Waals surface area contributed by atoms with Crippen LogP contribution in [-0.4, -0.2) is 24.4 Å². The van der Waals surface area contributed by atoms with Crippen molar-refractivity contribution in [2.24, 2.45) is 0 Å². The molecule has 6 nitrogen and oxygen atoms in total. The standard InChI is InChI=1S/C20H22N2O4S/c23-18(21-22-19(24)14-8-5-3-6-9-14)13-26-20(25)17-12-15-10-4-1-2-7-11-16(15)27-17/h3,5-6,8-9,12H,1-2,4,7,10-11,13H2,(H,21,23)(H,22,24). The number of hydrazine groups is 1. The van der Waals surface area contributed by atoms with Crippen LogP contribution in [0.2, 0.25) is 0 Å². The van der Waals surface area contributed by atoms with Crippen molar-refractivity contribution in [1.82, 2.24) is 10.9 Å². The molecule has 7 heteroatoms. The lowest BCUT2D eigenvalue weighted by Crippen LogP contribution is -2.43. The Balaban J connectivity index is 1.46. The number of thiophene rings is 1. The van der Waals surface area contributed by atoms with Crippen LogP contribution in [0.15, 0.2) is 36.4 Å². The molecule has 0 radical (unpaired) electrons. The summed E-state index contributed by atoms with van der Waals surface area (Å²) in [6.45, 7) is -0.448. The molecular weight excluding hydrogens is 364 g/mol. The number of nitrogens with one attached hydrogen (secondary N) is 2. The van der Waals surface area contributed by atoms with E-state index in [1.54, 1.807) is 30.3 Å². The molecule has 1 aromatic heterocycles. The zero-order valence-electron chi connectivity index (χ0n) is 15.0. The molecule has 0 unspecified atom stereocenters. The van der Waals surface area contributed by atoms with Crippen LogP contribution in [0.25, 0.3) is 0 Å². The molecule has 0 atom stereocenters. The molecule has 2 amide bonds. The molecule has 2 aromatic rings. The Hall–Kier alpha value is -2.67. The number of hydrogen-bond acceptors (Lipinski definition) is 5. The predicted octanol–water partition coefficient (Wildman–Crippen LogP) is 3.03. The average molecular weight is 386 g/mol. The van der Waals surface area contributed by atoms with Crippen LogP contribution in [-0.2, 0) is 22.4 Å². The van der Waals surface area contributed by atoms with Gasteiger partial charge in [0.25, 0.3) is 11.8 Å². The summed E-state index contributed by atoms with van der Waals surface area (Å²) >= 11 is 1.46. The minimum Gasteiger partial charge on any atom is -0.451 e. The van der Waals surface area contributed by atoms with E-state index in [9.17, 15) is 14.4 Å². The van der Waals surface area contributed by atoms with Crippen molar-refractivity contribution in [2.45, 2.75) is 38.5 Å². The molecule has 1 aliphatic rings. The van der Waals surface area contributed by atoms with E-state index < -0.39 is 24.4 Å². The fraction of sp³-hybridized carbons (Fsp3) is 0.350. The number of carbonyl (C=O) groups is 3. The van der Waals surface area contributed by atoms with Gasteiger partial charge in [0, 0.05) is 10.4 Å². The van der Waals surface area contributed by atoms with Crippen LogP contribution >= 0.6 is 11.3 Å². The zero-order chi connectivity index (χ0) is 19.1. The molecule has 27 heavy (non-hydrogen) atoms. The maximum absolute atomic E-state index is 12.2. The number of esters is 1. The summed E-state index contributed by atoms with van der Waals surface area (Å²) in [5.74, 6) is -1.54. The molecule has 0 bridgehead atoms. The molecule has 3 rings (SSSR count). The Labute approximate surface area is 161 Å². The van der Waals surface area contributed by atoms with E-state index in [2.05, 4.69) is 10.9 Å². The van der Waals surface area contributed by atoms with Crippen molar-refractivity contribution >= 4 is 29.1 Å². The van der Waals surface area contributed by atoms with E-state index in [-0.39, 0.29) is 0 Å². The van der Waals surface area contributed by atoms with Crippen molar-refractivity contribution in [3.63, 3.8) is 0 Å². The van der Waals surface area contributed by atoms with Gasteiger partial charge in [0.1, 0.15) is 4.88 Å². The highest BCUT2D eigenvalue weighted by Gasteiger charge is 2.18. The minimum absolute atomic E-state index is 0.422. The lowest BCUT2D eigenvalue weighted by Gasteiger charge is -2.07. The largest absolute Gasteiger partial charge is 0.451 e. The van der Waals surface area contributed by atoms with Gasteiger partial charge in [0.15, 0.2) is 6.61 Å². The molecule has 0 aliphatic heterocycles. The highest BCUT2D eigenvalue weighted by Crippen LogP contribution is 2.28. The number of rotatable bonds is 4. The van der Waals surface area contributed by atoms with E-state index in [0.717, 1.165) is 25.7 Å². The molecular formula is C20H22N2O4S. The lowest BCUT2D eigenvalue weighted by atomic mass is 10.00. The van der Waals surface area contributed by atoms with Gasteiger partial charge in [-0.1, -0.05) is 31.0 Å². The van der Waals surface area contributed by atoms with Gasteiger partial charge in [0.2, 0.25) is 0 Å². The number of carbonyl (C=O) groups excluding carboxylic acids is 3. The number of amides is 2. The van der Waals surface area contributed by atoms with Crippen molar-refractivity contribution < 1.29 is 19.1 Å². The van der Waals surface area contributed by atoms with Gasteiger partial charge in [-0.05, 0) is 49.4 Å². The van der Waals surface area contributed by atoms with E-state index in [4.69, 9.17) is 4.74 Å². The SMILES string of the molecule is O=C(COC(=O)c1cc2c(s1)CCCCCC2)NNC(=O)c1ccccc1. The van der Waals surface area contributed by atoms with Crippen LogP contribution in [0.1, 0.15) is 56.2 Å². The Morgan fingerprint density at radius 1 is 0.963 bits per heavy atom. The molecule has 0 spiro atoms. The topological polar surface area (TPSA) is 84.5 Å². The molecule has 1 aliphatic carbocycles. The maximum Gasteiger partial charge on any atom is 0.348 e. The molecule has 2 N–H and O–H groups in total. The number of ether oxygens (including phenoxy) is 1. The number of aryl methyl sites for hydroxylation is 2. The van der Waals surface area contributed by atoms with Crippen LogP contribution in [0.5, 0.6) is 0 Å². The van der Waals surface area contributed by atoms with Gasteiger partial charge in [-0.15, -0.1) is 11.3 Å². The highest BCUT2D eigenvalue weighted by atomic mass is 32.1. The second-order valence-corrected chi connectivity index (χ2v) is 7.55. The smallest absolute Gasteiger partial charge is 0.348 e. The number of benzene rings is 1. The second-order valence-electron chi connectivity index (χ2n) is 6.42. The lowest BCUT2D eigenvalue weighted by molar-refractivity contribution is -0.125. The first-order chi connectivity index (χ1) is 13.1. The summed E-state index contributed by atoms with van der Waals surface area (Å²) in [5.41, 5.74) is 6.18. The van der Waals surface area contributed by atoms with Crippen LogP contribution < -0.4 is 10.9 Å². The predicted molar refractivity (Wildman–Crippen MR) is 103 cm³/mol. The fourth-order valence-electron chi connectivity index (χ4n) is 2.97. The van der Waals surface area contributed by atoms with Crippen LogP contribution in [0, 0.1) is 0 Å². The summed E-state index contributed by atoms with van der Waals surface area (Å²) in [7, 11) is 0. The van der Waals surface area contributed by atoms with Crippen molar-refractivity contribution in [1.29, 1.82) is 0 Å². The van der Waals surface area contributed by atoms with E-state index >= 15 is 0 Å². The third kappa shape index (κ3) is 5.40. The third-order valence-electron chi connectivity index (χ3n) is 4.38. The summed E-state index contributed by atoms with van der Waals surface area (Å²) in [4.78, 5) is 37.6. The molecule has 1 heterocycles. The summed E-state index contributed by atoms with van der Waals surface area (Å²) in [6.07, 6.45) is 6.73. The fourth-order valence-corrected chi connectivity index (χ4v) is 4.12. The molecule has 0 saturated heterocycles. The molecule has 0 saturated carbocycles. The van der Waals surface area contributed by atoms with Crippen LogP contribution in [0.3, 0.4) is 0 Å². The van der Waals surface area contributed by atoms with E-state index in [0.29, 0.717) is 10.4 Å². The first-order valence-electron chi connectivity index (χ1n) is 9.06. The first kappa shape index (κ1) is 19.1. The Morgan fingerprint density at radius 3 is 2.48 bits per heavy atom. The average Bonchev–Trinajstić information content (AvgIpc) is 3.07. The van der Waals surface area contributed by atoms with Gasteiger partial charge in [-0.25, -0.2) is 4.79 Å². The summed E-state index contributed by atoms with van der Waals surface area (Å²) in [6, 6.07) is 10.4. The van der Waals surface area contributed by atoms with Crippen molar-refractivity contribution in [3.05, 3.63) is 57.3 Å². The van der Waals surface area contributed by atoms with Gasteiger partial charge in [0.05, 0.1) is 0 Å². The van der Waals surface area contributed by atoms with Gasteiger partial charge < -0.3 is 4.74 Å². The van der Waals surface area contributed by atoms with Gasteiger partial charge >= 0.3 is 5.97 Å². The highest BCUT2D eigenvalue weighted by molar-refractivity contribution is 7.14. The van der Waals surface area contributed by atoms with Gasteiger partial charge in [-0.2, -0.15) is 0 Å². The van der Waals surface area contributed by atoms with E-state index in [1.165, 1.54) is 34.6 Å². The molecule has 1 aromatic carbocycles. The molecule has 0 fully saturated rings. The normalized spacial score (nSPS) is 13.6. The van der Waals surface area contributed by atoms with Crippen molar-refractivity contribution in [2.75, 3.05) is 6.61 Å². The summed E-state index contributed by atoms with van der Waals surface area (Å²) < 4.78 is 5.08. The second kappa shape index (κ2) is 9.32. The minimum atomic E-state index is -0.595. The molecule has 142 valence electrons. The number of hydrogen-bond donors (Lipinski definition) is 2. The van der Waals surface area contributed by atoms with Crippen molar-refractivity contribution in [3.8, 4) is 0 Å².